The van der Waals surface area contributed by atoms with E-state index >= 15 is 0 Å². The zero-order valence-electron chi connectivity index (χ0n) is 15.4. The molecule has 1 aliphatic rings. The van der Waals surface area contributed by atoms with Gasteiger partial charge in [0.15, 0.2) is 17.1 Å². The van der Waals surface area contributed by atoms with Crippen LogP contribution in [0.4, 0.5) is 10.1 Å². The summed E-state index contributed by atoms with van der Waals surface area (Å²) in [5, 5.41) is 15.8. The monoisotopic (exact) mass is 423 g/mol. The van der Waals surface area contributed by atoms with E-state index in [0.717, 1.165) is 17.3 Å². The van der Waals surface area contributed by atoms with Crippen LogP contribution >= 0.6 is 11.8 Å². The number of hydrogen-bond acceptors (Lipinski definition) is 7. The van der Waals surface area contributed by atoms with Gasteiger partial charge in [-0.25, -0.2) is 4.39 Å². The van der Waals surface area contributed by atoms with Crippen molar-refractivity contribution in [1.29, 1.82) is 0 Å². The van der Waals surface area contributed by atoms with E-state index in [1.165, 1.54) is 12.1 Å². The maximum atomic E-state index is 13.7. The van der Waals surface area contributed by atoms with Crippen LogP contribution in [0.25, 0.3) is 16.9 Å². The van der Waals surface area contributed by atoms with Crippen molar-refractivity contribution >= 4 is 29.0 Å². The highest BCUT2D eigenvalue weighted by Crippen LogP contribution is 2.35. The largest absolute Gasteiger partial charge is 0.454 e. The summed E-state index contributed by atoms with van der Waals surface area (Å²) in [6.07, 6.45) is 0. The first-order valence-electron chi connectivity index (χ1n) is 8.97. The molecule has 0 saturated carbocycles. The first-order valence-corrected chi connectivity index (χ1v) is 9.95. The topological polar surface area (TPSA) is 90.6 Å². The molecular formula is C20H14FN5O3S. The highest BCUT2D eigenvalue weighted by Gasteiger charge is 2.16. The Morgan fingerprint density at radius 3 is 2.87 bits per heavy atom. The van der Waals surface area contributed by atoms with Crippen molar-refractivity contribution in [1.82, 2.24) is 19.8 Å². The van der Waals surface area contributed by atoms with Crippen LogP contribution < -0.4 is 14.8 Å². The number of nitrogens with one attached hydrogen (secondary N) is 1. The number of anilines is 1. The number of para-hydroxylation sites is 1. The molecule has 2 aromatic heterocycles. The Kier molecular flexibility index (Phi) is 4.68. The third-order valence-electron chi connectivity index (χ3n) is 4.38. The number of halogens is 1. The van der Waals surface area contributed by atoms with Crippen LogP contribution in [0.3, 0.4) is 0 Å². The van der Waals surface area contributed by atoms with Crippen molar-refractivity contribution in [3.63, 3.8) is 0 Å². The molecule has 30 heavy (non-hydrogen) atoms. The van der Waals surface area contributed by atoms with Crippen LogP contribution in [0.5, 0.6) is 11.5 Å². The summed E-state index contributed by atoms with van der Waals surface area (Å²) in [5.74, 6) is 0.553. The molecule has 0 radical (unpaired) electrons. The van der Waals surface area contributed by atoms with Crippen LogP contribution in [0.2, 0.25) is 0 Å². The predicted octanol–water partition coefficient (Wildman–Crippen LogP) is 3.39. The smallest absolute Gasteiger partial charge is 0.234 e. The molecule has 1 N–H and O–H groups in total. The molecule has 1 amide bonds. The van der Waals surface area contributed by atoms with E-state index in [9.17, 15) is 9.18 Å². The number of fused-ring (bicyclic) bond motifs is 2. The van der Waals surface area contributed by atoms with Gasteiger partial charge in [-0.1, -0.05) is 23.9 Å². The van der Waals surface area contributed by atoms with Gasteiger partial charge in [-0.05, 0) is 42.5 Å². The van der Waals surface area contributed by atoms with E-state index in [1.807, 2.05) is 24.3 Å². The predicted molar refractivity (Wildman–Crippen MR) is 108 cm³/mol. The number of benzene rings is 2. The van der Waals surface area contributed by atoms with Gasteiger partial charge >= 0.3 is 0 Å². The number of rotatable bonds is 5. The first kappa shape index (κ1) is 18.4. The van der Waals surface area contributed by atoms with Crippen molar-refractivity contribution in [2.75, 3.05) is 17.9 Å². The molecule has 0 spiro atoms. The van der Waals surface area contributed by atoms with Gasteiger partial charge < -0.3 is 14.8 Å². The number of carbonyl (C=O) groups is 1. The number of ether oxygens (including phenoxy) is 2. The van der Waals surface area contributed by atoms with Crippen LogP contribution in [0, 0.1) is 5.82 Å². The quantitative estimate of drug-likeness (QED) is 0.492. The molecule has 3 heterocycles. The van der Waals surface area contributed by atoms with Gasteiger partial charge in [-0.15, -0.1) is 10.2 Å². The fourth-order valence-electron chi connectivity index (χ4n) is 2.95. The minimum atomic E-state index is -0.487. The number of hydrogen-bond donors (Lipinski definition) is 1. The van der Waals surface area contributed by atoms with Crippen molar-refractivity contribution in [2.24, 2.45) is 0 Å². The molecule has 1 aliphatic heterocycles. The van der Waals surface area contributed by atoms with E-state index in [1.54, 1.807) is 22.7 Å². The molecule has 0 unspecified atom stereocenters. The van der Waals surface area contributed by atoms with Crippen LogP contribution in [-0.2, 0) is 4.79 Å². The summed E-state index contributed by atoms with van der Waals surface area (Å²) in [6, 6.07) is 15.2. The zero-order chi connectivity index (χ0) is 20.5. The van der Waals surface area contributed by atoms with Crippen LogP contribution in [0.15, 0.2) is 59.8 Å². The molecule has 0 atom stereocenters. The molecule has 0 bridgehead atoms. The molecule has 4 aromatic rings. The Morgan fingerprint density at radius 1 is 1.10 bits per heavy atom. The van der Waals surface area contributed by atoms with Gasteiger partial charge in [0.1, 0.15) is 5.82 Å². The number of amides is 1. The van der Waals surface area contributed by atoms with E-state index in [4.69, 9.17) is 9.47 Å². The van der Waals surface area contributed by atoms with Gasteiger partial charge in [-0.2, -0.15) is 9.61 Å². The van der Waals surface area contributed by atoms with Crippen molar-refractivity contribution in [3.8, 4) is 22.8 Å². The molecule has 10 heteroatoms. The lowest BCUT2D eigenvalue weighted by molar-refractivity contribution is -0.113. The Balaban J connectivity index is 1.34. The highest BCUT2D eigenvalue weighted by atomic mass is 32.2. The van der Waals surface area contributed by atoms with Crippen LogP contribution in [-0.4, -0.2) is 38.3 Å². The molecule has 0 fully saturated rings. The summed E-state index contributed by atoms with van der Waals surface area (Å²) in [6.45, 7) is 0.201. The second-order valence-corrected chi connectivity index (χ2v) is 7.30. The minimum absolute atomic E-state index is 0.0328. The maximum Gasteiger partial charge on any atom is 0.234 e. The van der Waals surface area contributed by atoms with E-state index in [0.29, 0.717) is 28.0 Å². The lowest BCUT2D eigenvalue weighted by Gasteiger charge is -2.06. The van der Waals surface area contributed by atoms with E-state index in [2.05, 4.69) is 20.6 Å². The Labute approximate surface area is 174 Å². The molecular weight excluding hydrogens is 409 g/mol. The fraction of sp³-hybridized carbons (Fsp3) is 0.100. The molecule has 5 rings (SSSR count). The molecule has 2 aromatic carbocycles. The third-order valence-corrected chi connectivity index (χ3v) is 5.30. The van der Waals surface area contributed by atoms with Gasteiger partial charge in [0, 0.05) is 5.56 Å². The average Bonchev–Trinajstić information content (AvgIpc) is 3.39. The lowest BCUT2D eigenvalue weighted by Crippen LogP contribution is -2.15. The number of nitrogens with zero attached hydrogens (tertiary/aromatic N) is 4. The Morgan fingerprint density at radius 2 is 1.97 bits per heavy atom. The van der Waals surface area contributed by atoms with Gasteiger partial charge in [0.05, 0.1) is 17.1 Å². The van der Waals surface area contributed by atoms with E-state index in [-0.39, 0.29) is 24.1 Å². The van der Waals surface area contributed by atoms with Gasteiger partial charge in [0.25, 0.3) is 0 Å². The summed E-state index contributed by atoms with van der Waals surface area (Å²) in [7, 11) is 0. The Hall–Kier alpha value is -3.66. The average molecular weight is 423 g/mol. The molecule has 0 aliphatic carbocycles. The second-order valence-electron chi connectivity index (χ2n) is 6.36. The Bertz CT molecular complexity index is 1260. The molecule has 8 nitrogen and oxygen atoms in total. The van der Waals surface area contributed by atoms with Gasteiger partial charge in [-0.3, -0.25) is 4.79 Å². The standard InChI is InChI=1S/C20H14FN5O3S/c21-13-3-1-2-4-15(13)22-19(27)10-30-20-24-23-18-8-6-14(25-26(18)20)12-5-7-16-17(9-12)29-11-28-16/h1-9H,10-11H2,(H,22,27). The summed E-state index contributed by atoms with van der Waals surface area (Å²) in [4.78, 5) is 12.2. The minimum Gasteiger partial charge on any atom is -0.454 e. The summed E-state index contributed by atoms with van der Waals surface area (Å²) >= 11 is 1.16. The number of aromatic nitrogens is 4. The fourth-order valence-corrected chi connectivity index (χ4v) is 3.64. The second kappa shape index (κ2) is 7.64. The summed E-state index contributed by atoms with van der Waals surface area (Å²) in [5.41, 5.74) is 2.23. The van der Waals surface area contributed by atoms with Crippen molar-refractivity contribution in [3.05, 3.63) is 60.4 Å². The molecule has 0 saturated heterocycles. The SMILES string of the molecule is O=C(CSc1nnc2ccc(-c3ccc4c(c3)OCO4)nn12)Nc1ccccc1F. The third kappa shape index (κ3) is 3.52. The highest BCUT2D eigenvalue weighted by molar-refractivity contribution is 7.99. The van der Waals surface area contributed by atoms with Crippen LogP contribution in [0.1, 0.15) is 0 Å². The lowest BCUT2D eigenvalue weighted by atomic mass is 10.1. The van der Waals surface area contributed by atoms with Crippen molar-refractivity contribution < 1.29 is 18.7 Å². The first-order chi connectivity index (χ1) is 14.7. The van der Waals surface area contributed by atoms with Crippen molar-refractivity contribution in [2.45, 2.75) is 5.16 Å². The number of carbonyl (C=O) groups excluding carboxylic acids is 1. The summed E-state index contributed by atoms with van der Waals surface area (Å²) < 4.78 is 26.0. The van der Waals surface area contributed by atoms with Gasteiger partial charge in [0.2, 0.25) is 17.9 Å². The number of thioether (sulfide) groups is 1. The maximum absolute atomic E-state index is 13.7. The normalized spacial score (nSPS) is 12.3. The molecule has 150 valence electrons. The zero-order valence-corrected chi connectivity index (χ0v) is 16.2. The van der Waals surface area contributed by atoms with E-state index < -0.39 is 5.82 Å².